The van der Waals surface area contributed by atoms with Gasteiger partial charge in [-0.1, -0.05) is 24.3 Å². The molecule has 2 aromatic rings. The molecule has 0 aromatic heterocycles. The molecular formula is C15H14FNO3S. The number of hydrogen-bond donors (Lipinski definition) is 1. The van der Waals surface area contributed by atoms with Gasteiger partial charge in [0.2, 0.25) is 0 Å². The summed E-state index contributed by atoms with van der Waals surface area (Å²) in [7, 11) is 1.42. The highest BCUT2D eigenvalue weighted by Crippen LogP contribution is 2.39. The van der Waals surface area contributed by atoms with Crippen LogP contribution in [0.25, 0.3) is 11.1 Å². The quantitative estimate of drug-likeness (QED) is 0.927. The minimum atomic E-state index is -1.60. The van der Waals surface area contributed by atoms with Crippen molar-refractivity contribution in [2.24, 2.45) is 0 Å². The van der Waals surface area contributed by atoms with Crippen molar-refractivity contribution in [1.29, 1.82) is 0 Å². The number of benzene rings is 2. The van der Waals surface area contributed by atoms with Crippen LogP contribution in [0.15, 0.2) is 36.4 Å². The number of fused-ring (bicyclic) bond motifs is 1. The Bertz CT molecular complexity index is 720. The maximum atomic E-state index is 13.9. The summed E-state index contributed by atoms with van der Waals surface area (Å²) in [6.45, 7) is 1.90. The minimum absolute atomic E-state index is 0.0994. The van der Waals surface area contributed by atoms with Crippen LogP contribution >= 0.6 is 0 Å². The third kappa shape index (κ3) is 2.52. The predicted octanol–water partition coefficient (Wildman–Crippen LogP) is 3.12. The molecule has 0 amide bonds. The molecule has 1 aliphatic heterocycles. The Morgan fingerprint density at radius 3 is 2.86 bits per heavy atom. The van der Waals surface area contributed by atoms with Gasteiger partial charge in [0.05, 0.1) is 7.11 Å². The van der Waals surface area contributed by atoms with Gasteiger partial charge in [-0.05, 0) is 24.6 Å². The highest BCUT2D eigenvalue weighted by Gasteiger charge is 2.25. The summed E-state index contributed by atoms with van der Waals surface area (Å²) in [6, 6.07) is 10.2. The summed E-state index contributed by atoms with van der Waals surface area (Å²) in [4.78, 5) is 0. The number of hydrogen-bond acceptors (Lipinski definition) is 3. The third-order valence-electron chi connectivity index (χ3n) is 3.41. The summed E-state index contributed by atoms with van der Waals surface area (Å²) in [5.41, 5.74) is 2.25. The van der Waals surface area contributed by atoms with Crippen molar-refractivity contribution in [2.75, 3.05) is 7.11 Å². The molecule has 2 atom stereocenters. The van der Waals surface area contributed by atoms with Crippen LogP contribution in [0.3, 0.4) is 0 Å². The van der Waals surface area contributed by atoms with Crippen LogP contribution in [0.2, 0.25) is 0 Å². The molecule has 4 nitrogen and oxygen atoms in total. The van der Waals surface area contributed by atoms with Crippen LogP contribution in [0.4, 0.5) is 4.39 Å². The van der Waals surface area contributed by atoms with Gasteiger partial charge < -0.3 is 8.92 Å². The zero-order chi connectivity index (χ0) is 15.0. The molecule has 110 valence electrons. The maximum Gasteiger partial charge on any atom is 0.288 e. The highest BCUT2D eigenvalue weighted by molar-refractivity contribution is 7.78. The lowest BCUT2D eigenvalue weighted by molar-refractivity contribution is 0.386. The average Bonchev–Trinajstić information content (AvgIpc) is 2.46. The first kappa shape index (κ1) is 14.0. The van der Waals surface area contributed by atoms with E-state index in [1.54, 1.807) is 12.1 Å². The molecule has 1 N–H and O–H groups in total. The Balaban J connectivity index is 2.13. The molecule has 0 bridgehead atoms. The smallest absolute Gasteiger partial charge is 0.288 e. The first-order valence-electron chi connectivity index (χ1n) is 6.43. The molecule has 0 saturated heterocycles. The predicted molar refractivity (Wildman–Crippen MR) is 78.7 cm³/mol. The molecule has 0 radical (unpaired) electrons. The molecule has 2 unspecified atom stereocenters. The number of nitrogens with one attached hydrogen (secondary N) is 1. The van der Waals surface area contributed by atoms with E-state index in [9.17, 15) is 8.60 Å². The van der Waals surface area contributed by atoms with Crippen molar-refractivity contribution in [3.63, 3.8) is 0 Å². The fourth-order valence-electron chi connectivity index (χ4n) is 2.36. The zero-order valence-electron chi connectivity index (χ0n) is 11.6. The maximum absolute atomic E-state index is 13.9. The van der Waals surface area contributed by atoms with Crippen LogP contribution in [-0.4, -0.2) is 11.3 Å². The molecule has 1 heterocycles. The molecule has 0 spiro atoms. The molecule has 0 fully saturated rings. The van der Waals surface area contributed by atoms with Crippen molar-refractivity contribution in [3.05, 3.63) is 47.8 Å². The Morgan fingerprint density at radius 2 is 2.14 bits per heavy atom. The number of halogens is 1. The van der Waals surface area contributed by atoms with Gasteiger partial charge in [0.1, 0.15) is 0 Å². The van der Waals surface area contributed by atoms with Crippen LogP contribution in [0.1, 0.15) is 18.5 Å². The molecule has 0 saturated carbocycles. The molecule has 21 heavy (non-hydrogen) atoms. The highest BCUT2D eigenvalue weighted by atomic mass is 32.2. The molecule has 2 aromatic carbocycles. The van der Waals surface area contributed by atoms with Gasteiger partial charge >= 0.3 is 0 Å². The van der Waals surface area contributed by atoms with E-state index in [1.165, 1.54) is 13.2 Å². The lowest BCUT2D eigenvalue weighted by Gasteiger charge is -2.24. The first-order chi connectivity index (χ1) is 10.1. The van der Waals surface area contributed by atoms with Crippen LogP contribution in [-0.2, 0) is 11.3 Å². The Morgan fingerprint density at radius 1 is 1.33 bits per heavy atom. The summed E-state index contributed by atoms with van der Waals surface area (Å²) >= 11 is -1.60. The van der Waals surface area contributed by atoms with E-state index < -0.39 is 17.1 Å². The van der Waals surface area contributed by atoms with E-state index in [0.29, 0.717) is 16.9 Å². The second-order valence-electron chi connectivity index (χ2n) is 4.73. The summed E-state index contributed by atoms with van der Waals surface area (Å²) in [6.07, 6.45) is 0. The fourth-order valence-corrected chi connectivity index (χ4v) is 3.16. The summed E-state index contributed by atoms with van der Waals surface area (Å²) < 4.78 is 38.7. The SMILES string of the molecule is COc1ccc(-c2cccc3c2OS(=O)NC3C)cc1F. The normalized spacial score (nSPS) is 20.5. The van der Waals surface area contributed by atoms with E-state index >= 15 is 0 Å². The van der Waals surface area contributed by atoms with Gasteiger partial charge in [-0.15, -0.1) is 0 Å². The van der Waals surface area contributed by atoms with Crippen LogP contribution in [0, 0.1) is 5.82 Å². The average molecular weight is 307 g/mol. The van der Waals surface area contributed by atoms with Gasteiger partial charge in [-0.2, -0.15) is 8.93 Å². The summed E-state index contributed by atoms with van der Waals surface area (Å²) in [5, 5.41) is 0. The van der Waals surface area contributed by atoms with Crippen molar-refractivity contribution in [2.45, 2.75) is 13.0 Å². The standard InChI is InChI=1S/C15H14FNO3S/c1-9-11-4-3-5-12(15(11)20-21(18)17-9)10-6-7-14(19-2)13(16)8-10/h3-9,17H,1-2H3. The fraction of sp³-hybridized carbons (Fsp3) is 0.200. The van der Waals surface area contributed by atoms with E-state index in [1.807, 2.05) is 25.1 Å². The molecule has 3 rings (SSSR count). The monoisotopic (exact) mass is 307 g/mol. The molecular weight excluding hydrogens is 293 g/mol. The molecule has 0 aliphatic carbocycles. The second kappa shape index (κ2) is 5.46. The lowest BCUT2D eigenvalue weighted by Crippen LogP contribution is -2.30. The van der Waals surface area contributed by atoms with Crippen molar-refractivity contribution in [1.82, 2.24) is 4.72 Å². The van der Waals surface area contributed by atoms with Crippen molar-refractivity contribution in [3.8, 4) is 22.6 Å². The number of methoxy groups -OCH3 is 1. The zero-order valence-corrected chi connectivity index (χ0v) is 12.4. The van der Waals surface area contributed by atoms with Crippen molar-refractivity contribution >= 4 is 11.3 Å². The van der Waals surface area contributed by atoms with Gasteiger partial charge in [-0.25, -0.2) is 4.39 Å². The first-order valence-corrected chi connectivity index (χ1v) is 7.50. The lowest BCUT2D eigenvalue weighted by atomic mass is 9.98. The van der Waals surface area contributed by atoms with Gasteiger partial charge in [-0.3, -0.25) is 0 Å². The minimum Gasteiger partial charge on any atom is -0.494 e. The van der Waals surface area contributed by atoms with E-state index in [2.05, 4.69) is 4.72 Å². The topological polar surface area (TPSA) is 47.6 Å². The Hall–Kier alpha value is -1.92. The van der Waals surface area contributed by atoms with E-state index in [0.717, 1.165) is 5.56 Å². The Kier molecular flexibility index (Phi) is 3.65. The summed E-state index contributed by atoms with van der Waals surface area (Å²) in [5.74, 6) is 0.255. The molecule has 1 aliphatic rings. The van der Waals surface area contributed by atoms with Crippen molar-refractivity contribution < 1.29 is 17.5 Å². The Labute approximate surface area is 124 Å². The van der Waals surface area contributed by atoms with Gasteiger partial charge in [0.15, 0.2) is 17.3 Å². The third-order valence-corrected chi connectivity index (χ3v) is 4.27. The second-order valence-corrected chi connectivity index (χ2v) is 5.60. The van der Waals surface area contributed by atoms with E-state index in [-0.39, 0.29) is 11.8 Å². The molecule has 6 heteroatoms. The number of rotatable bonds is 2. The van der Waals surface area contributed by atoms with Crippen LogP contribution < -0.4 is 13.6 Å². The van der Waals surface area contributed by atoms with Gasteiger partial charge in [0.25, 0.3) is 11.3 Å². The van der Waals surface area contributed by atoms with Gasteiger partial charge in [0, 0.05) is 17.2 Å². The number of ether oxygens (including phenoxy) is 1. The largest absolute Gasteiger partial charge is 0.494 e. The van der Waals surface area contributed by atoms with E-state index in [4.69, 9.17) is 8.92 Å². The number of para-hydroxylation sites is 1. The van der Waals surface area contributed by atoms with Crippen LogP contribution in [0.5, 0.6) is 11.5 Å².